The lowest BCUT2D eigenvalue weighted by Crippen LogP contribution is -2.49. The molecule has 42 heavy (non-hydrogen) atoms. The summed E-state index contributed by atoms with van der Waals surface area (Å²) >= 11 is 0. The zero-order valence-corrected chi connectivity index (χ0v) is 28.0. The third kappa shape index (κ3) is 11.5. The average molecular weight is 612 g/mol. The van der Waals surface area contributed by atoms with Gasteiger partial charge in [-0.1, -0.05) is 54.2 Å². The molecule has 1 aliphatic rings. The van der Waals surface area contributed by atoms with Gasteiger partial charge in [-0.05, 0) is 70.1 Å². The van der Waals surface area contributed by atoms with Gasteiger partial charge in [0.25, 0.3) is 0 Å². The lowest BCUT2D eigenvalue weighted by atomic mass is 10.0. The SMILES string of the molecule is C=C(C[C@H](NS(=O)(=O)CCC(C)C)C(=O)N[C@@H](C)c1ncc(-c2ccc(C)cc2F)[nH]1)N1CCCC[C@@H]1C.CC.CC.[HH].[HH]. The predicted molar refractivity (Wildman–Crippen MR) is 176 cm³/mol. The molecule has 0 spiro atoms. The molecule has 0 saturated carbocycles. The molecule has 0 unspecified atom stereocenters. The second-order valence-electron chi connectivity index (χ2n) is 10.9. The number of hydrogen-bond donors (Lipinski definition) is 3. The first-order valence-corrected chi connectivity index (χ1v) is 17.1. The van der Waals surface area contributed by atoms with Crippen LogP contribution in [0.5, 0.6) is 0 Å². The molecule has 3 atom stereocenters. The van der Waals surface area contributed by atoms with Crippen LogP contribution in [-0.4, -0.2) is 53.6 Å². The number of benzene rings is 1. The van der Waals surface area contributed by atoms with Crippen molar-refractivity contribution in [2.75, 3.05) is 12.3 Å². The van der Waals surface area contributed by atoms with Gasteiger partial charge in [0.2, 0.25) is 15.9 Å². The summed E-state index contributed by atoms with van der Waals surface area (Å²) in [5, 5.41) is 2.88. The van der Waals surface area contributed by atoms with Gasteiger partial charge in [0, 0.05) is 33.1 Å². The predicted octanol–water partition coefficient (Wildman–Crippen LogP) is 7.36. The molecule has 2 heterocycles. The summed E-state index contributed by atoms with van der Waals surface area (Å²) in [5.41, 5.74) is 2.44. The summed E-state index contributed by atoms with van der Waals surface area (Å²) in [6.45, 7) is 22.7. The molecule has 1 amide bonds. The third-order valence-electron chi connectivity index (χ3n) is 7.03. The molecule has 0 radical (unpaired) electrons. The van der Waals surface area contributed by atoms with Crippen LogP contribution >= 0.6 is 0 Å². The van der Waals surface area contributed by atoms with Gasteiger partial charge in [-0.2, -0.15) is 0 Å². The number of imidazole rings is 1. The van der Waals surface area contributed by atoms with E-state index in [0.717, 1.165) is 37.1 Å². The molecule has 242 valence electrons. The van der Waals surface area contributed by atoms with Gasteiger partial charge in [-0.3, -0.25) is 4.79 Å². The van der Waals surface area contributed by atoms with Crippen LogP contribution in [0.1, 0.15) is 108 Å². The summed E-state index contributed by atoms with van der Waals surface area (Å²) in [6, 6.07) is 3.67. The second kappa shape index (κ2) is 18.1. The highest BCUT2D eigenvalue weighted by atomic mass is 32.2. The van der Waals surface area contributed by atoms with Gasteiger partial charge >= 0.3 is 0 Å². The number of carbonyl (C=O) groups excluding carboxylic acids is 1. The van der Waals surface area contributed by atoms with E-state index in [2.05, 4.69) is 38.4 Å². The van der Waals surface area contributed by atoms with Crippen molar-refractivity contribution in [2.45, 2.75) is 113 Å². The van der Waals surface area contributed by atoms with Crippen molar-refractivity contribution in [1.82, 2.24) is 24.9 Å². The van der Waals surface area contributed by atoms with E-state index < -0.39 is 28.0 Å². The van der Waals surface area contributed by atoms with E-state index in [4.69, 9.17) is 0 Å². The molecule has 3 rings (SSSR count). The molecule has 3 N–H and O–H groups in total. The van der Waals surface area contributed by atoms with Gasteiger partial charge in [0.15, 0.2) is 0 Å². The summed E-state index contributed by atoms with van der Waals surface area (Å²) in [7, 11) is -3.69. The van der Waals surface area contributed by atoms with E-state index >= 15 is 0 Å². The first-order valence-electron chi connectivity index (χ1n) is 15.4. The topological polar surface area (TPSA) is 107 Å². The number of piperidine rings is 1. The molecule has 0 bridgehead atoms. The maximum atomic E-state index is 14.4. The Kier molecular flexibility index (Phi) is 16.0. The van der Waals surface area contributed by atoms with Crippen molar-refractivity contribution in [1.29, 1.82) is 0 Å². The lowest BCUT2D eigenvalue weighted by molar-refractivity contribution is -0.123. The Balaban J connectivity index is 0. The maximum absolute atomic E-state index is 14.4. The fraction of sp³-hybridized carbons (Fsp3) is 0.625. The highest BCUT2D eigenvalue weighted by Gasteiger charge is 2.30. The van der Waals surface area contributed by atoms with Crippen molar-refractivity contribution >= 4 is 15.9 Å². The first kappa shape index (κ1) is 37.3. The number of aryl methyl sites for hydroxylation is 1. The van der Waals surface area contributed by atoms with E-state index in [1.807, 2.05) is 54.5 Å². The molecule has 1 aromatic heterocycles. The van der Waals surface area contributed by atoms with Crippen molar-refractivity contribution < 1.29 is 20.5 Å². The fourth-order valence-corrected chi connectivity index (χ4v) is 6.21. The Hall–Kier alpha value is -2.72. The number of likely N-dealkylation sites (tertiary alicyclic amines) is 1. The van der Waals surface area contributed by atoms with Crippen molar-refractivity contribution in [3.8, 4) is 11.3 Å². The molecular formula is C32H58FN5O3S. The Morgan fingerprint density at radius 2 is 1.88 bits per heavy atom. The smallest absolute Gasteiger partial charge is 0.239 e. The van der Waals surface area contributed by atoms with E-state index in [0.29, 0.717) is 29.5 Å². The Morgan fingerprint density at radius 3 is 2.48 bits per heavy atom. The summed E-state index contributed by atoms with van der Waals surface area (Å²) in [4.78, 5) is 23.0. The highest BCUT2D eigenvalue weighted by molar-refractivity contribution is 7.89. The number of H-pyrrole nitrogens is 1. The van der Waals surface area contributed by atoms with Crippen molar-refractivity contribution in [3.63, 3.8) is 0 Å². The number of nitrogens with zero attached hydrogens (tertiary/aromatic N) is 2. The average Bonchev–Trinajstić information content (AvgIpc) is 3.44. The molecule has 1 fully saturated rings. The van der Waals surface area contributed by atoms with Gasteiger partial charge in [-0.15, -0.1) is 0 Å². The number of sulfonamides is 1. The number of aromatic nitrogens is 2. The molecule has 0 aliphatic carbocycles. The number of carbonyl (C=O) groups is 1. The fourth-order valence-electron chi connectivity index (χ4n) is 4.69. The largest absolute Gasteiger partial charge is 0.373 e. The number of nitrogens with one attached hydrogen (secondary N) is 3. The summed E-state index contributed by atoms with van der Waals surface area (Å²) in [5.74, 6) is -0.220. The quantitative estimate of drug-likeness (QED) is 0.233. The molecule has 10 heteroatoms. The van der Waals surface area contributed by atoms with Crippen LogP contribution in [0.3, 0.4) is 0 Å². The monoisotopic (exact) mass is 611 g/mol. The van der Waals surface area contributed by atoms with Crippen LogP contribution in [0, 0.1) is 18.7 Å². The van der Waals surface area contributed by atoms with Crippen LogP contribution in [0.2, 0.25) is 0 Å². The van der Waals surface area contributed by atoms with E-state index in [1.54, 1.807) is 13.0 Å². The van der Waals surface area contributed by atoms with E-state index in [1.165, 1.54) is 12.3 Å². The normalized spacial score (nSPS) is 16.5. The summed E-state index contributed by atoms with van der Waals surface area (Å²) in [6.07, 6.45) is 5.41. The summed E-state index contributed by atoms with van der Waals surface area (Å²) < 4.78 is 42.8. The lowest BCUT2D eigenvalue weighted by Gasteiger charge is -2.37. The van der Waals surface area contributed by atoms with Crippen LogP contribution in [0.15, 0.2) is 36.7 Å². The molecule has 1 aliphatic heterocycles. The van der Waals surface area contributed by atoms with Gasteiger partial charge in [0.05, 0.1) is 23.7 Å². The molecule has 8 nitrogen and oxygen atoms in total. The Labute approximate surface area is 257 Å². The number of halogens is 1. The van der Waals surface area contributed by atoms with Gasteiger partial charge in [0.1, 0.15) is 17.7 Å². The van der Waals surface area contributed by atoms with Crippen LogP contribution < -0.4 is 10.0 Å². The van der Waals surface area contributed by atoms with Crippen LogP contribution in [0.4, 0.5) is 4.39 Å². The molecule has 1 aromatic carbocycles. The number of aromatic amines is 1. The Morgan fingerprint density at radius 1 is 1.21 bits per heavy atom. The zero-order valence-electron chi connectivity index (χ0n) is 27.2. The zero-order chi connectivity index (χ0) is 32.0. The minimum absolute atomic E-state index is 0. The standard InChI is InChI=1S/C28H42FN5O3S.2C2H6.2H2/c1-18(2)12-14-38(36,37)33-25(16-21(5)34-13-8-7-9-20(34)4)28(35)31-22(6)27-30-17-26(32-27)23-11-10-19(3)15-24(23)29;2*1-2;;/h10-11,15,17-18,20,22,25,33H,5,7-9,12-14,16H2,1-4,6H3,(H,30,32)(H,31,35);2*1-2H3;2*1H/t20-,22-,25-;;;;/m0..../s1. The van der Waals surface area contributed by atoms with Crippen molar-refractivity contribution in [2.24, 2.45) is 5.92 Å². The highest BCUT2D eigenvalue weighted by Crippen LogP contribution is 2.25. The van der Waals surface area contributed by atoms with Gasteiger partial charge < -0.3 is 15.2 Å². The third-order valence-corrected chi connectivity index (χ3v) is 8.45. The molecule has 1 saturated heterocycles. The number of rotatable bonds is 12. The Bertz CT molecular complexity index is 1240. The maximum Gasteiger partial charge on any atom is 0.239 e. The number of amides is 1. The van der Waals surface area contributed by atoms with Gasteiger partial charge in [-0.25, -0.2) is 22.5 Å². The van der Waals surface area contributed by atoms with E-state index in [-0.39, 0.29) is 26.8 Å². The molecular weight excluding hydrogens is 553 g/mol. The minimum atomic E-state index is -3.69. The minimum Gasteiger partial charge on any atom is -0.373 e. The second-order valence-corrected chi connectivity index (χ2v) is 12.7. The molecule has 2 aromatic rings. The van der Waals surface area contributed by atoms with E-state index in [9.17, 15) is 17.6 Å². The number of hydrogen-bond acceptors (Lipinski definition) is 5. The first-order chi connectivity index (χ1) is 19.9. The van der Waals surface area contributed by atoms with Crippen molar-refractivity contribution in [3.05, 3.63) is 53.9 Å². The van der Waals surface area contributed by atoms with Crippen LogP contribution in [-0.2, 0) is 14.8 Å². The van der Waals surface area contributed by atoms with Crippen LogP contribution in [0.25, 0.3) is 11.3 Å².